The Labute approximate surface area is 126 Å². The summed E-state index contributed by atoms with van der Waals surface area (Å²) in [5.41, 5.74) is 2.55. The van der Waals surface area contributed by atoms with Gasteiger partial charge in [0, 0.05) is 6.54 Å². The second-order valence-electron chi connectivity index (χ2n) is 4.86. The summed E-state index contributed by atoms with van der Waals surface area (Å²) in [6, 6.07) is 20.4. The van der Waals surface area contributed by atoms with Crippen LogP contribution in [0.25, 0.3) is 0 Å². The van der Waals surface area contributed by atoms with Gasteiger partial charge in [-0.15, -0.1) is 0 Å². The maximum absolute atomic E-state index is 8.50. The van der Waals surface area contributed by atoms with Crippen molar-refractivity contribution in [3.8, 4) is 11.8 Å². The summed E-state index contributed by atoms with van der Waals surface area (Å²) >= 11 is 0. The molecule has 0 aliphatic carbocycles. The molecule has 0 saturated carbocycles. The number of hydrogen-bond acceptors (Lipinski definition) is 3. The van der Waals surface area contributed by atoms with Gasteiger partial charge in [0.1, 0.15) is 11.8 Å². The standard InChI is InChI=1S/C18H20N2O/c19-11-13-21-18-10-4-8-17(14-18)15-20-12-5-9-16-6-2-1-3-7-16/h1-4,6-8,10,14,20H,5,9,12-13,15H2. The van der Waals surface area contributed by atoms with Gasteiger partial charge in [0.15, 0.2) is 6.61 Å². The number of hydrogen-bond donors (Lipinski definition) is 1. The van der Waals surface area contributed by atoms with Crippen molar-refractivity contribution in [1.82, 2.24) is 5.32 Å². The fourth-order valence-corrected chi connectivity index (χ4v) is 2.16. The van der Waals surface area contributed by atoms with Crippen LogP contribution in [-0.4, -0.2) is 13.2 Å². The van der Waals surface area contributed by atoms with Gasteiger partial charge in [-0.25, -0.2) is 0 Å². The first-order valence-electron chi connectivity index (χ1n) is 7.22. The molecule has 0 aliphatic rings. The second-order valence-corrected chi connectivity index (χ2v) is 4.86. The van der Waals surface area contributed by atoms with E-state index in [-0.39, 0.29) is 6.61 Å². The third-order valence-corrected chi connectivity index (χ3v) is 3.19. The molecule has 2 rings (SSSR count). The van der Waals surface area contributed by atoms with Gasteiger partial charge in [-0.05, 0) is 42.6 Å². The minimum atomic E-state index is 0.0912. The summed E-state index contributed by atoms with van der Waals surface area (Å²) in [6.07, 6.45) is 2.22. The van der Waals surface area contributed by atoms with Crippen molar-refractivity contribution in [2.24, 2.45) is 0 Å². The molecule has 0 aliphatic heterocycles. The molecule has 0 atom stereocenters. The zero-order chi connectivity index (χ0) is 14.8. The van der Waals surface area contributed by atoms with Crippen LogP contribution in [0.3, 0.4) is 0 Å². The van der Waals surface area contributed by atoms with E-state index in [1.54, 1.807) is 0 Å². The fraction of sp³-hybridized carbons (Fsp3) is 0.278. The van der Waals surface area contributed by atoms with Crippen molar-refractivity contribution in [3.05, 3.63) is 65.7 Å². The molecule has 108 valence electrons. The zero-order valence-electron chi connectivity index (χ0n) is 12.1. The van der Waals surface area contributed by atoms with Crippen molar-refractivity contribution in [3.63, 3.8) is 0 Å². The number of nitrogens with zero attached hydrogens (tertiary/aromatic N) is 1. The fourth-order valence-electron chi connectivity index (χ4n) is 2.16. The van der Waals surface area contributed by atoms with Crippen LogP contribution in [0.1, 0.15) is 17.5 Å². The smallest absolute Gasteiger partial charge is 0.174 e. The lowest BCUT2D eigenvalue weighted by Crippen LogP contribution is -2.15. The Morgan fingerprint density at radius 2 is 1.81 bits per heavy atom. The summed E-state index contributed by atoms with van der Waals surface area (Å²) in [6.45, 7) is 1.89. The van der Waals surface area contributed by atoms with Crippen LogP contribution in [0.4, 0.5) is 0 Å². The van der Waals surface area contributed by atoms with Crippen LogP contribution >= 0.6 is 0 Å². The largest absolute Gasteiger partial charge is 0.479 e. The molecule has 2 aromatic rings. The average molecular weight is 280 g/mol. The molecule has 1 N–H and O–H groups in total. The van der Waals surface area contributed by atoms with E-state index in [0.717, 1.165) is 31.7 Å². The van der Waals surface area contributed by atoms with Crippen molar-refractivity contribution in [1.29, 1.82) is 5.26 Å². The number of nitriles is 1. The lowest BCUT2D eigenvalue weighted by Gasteiger charge is -2.07. The maximum atomic E-state index is 8.50. The molecular formula is C18H20N2O. The first kappa shape index (κ1) is 15.1. The van der Waals surface area contributed by atoms with E-state index in [9.17, 15) is 0 Å². The van der Waals surface area contributed by atoms with E-state index >= 15 is 0 Å². The highest BCUT2D eigenvalue weighted by atomic mass is 16.5. The number of ether oxygens (including phenoxy) is 1. The highest BCUT2D eigenvalue weighted by molar-refractivity contribution is 5.28. The first-order chi connectivity index (χ1) is 10.4. The van der Waals surface area contributed by atoms with Gasteiger partial charge in [-0.1, -0.05) is 42.5 Å². The summed E-state index contributed by atoms with van der Waals surface area (Å²) in [5, 5.41) is 11.9. The van der Waals surface area contributed by atoms with Crippen LogP contribution in [0, 0.1) is 11.3 Å². The van der Waals surface area contributed by atoms with Crippen LogP contribution in [0.5, 0.6) is 5.75 Å². The van der Waals surface area contributed by atoms with Crippen molar-refractivity contribution >= 4 is 0 Å². The lowest BCUT2D eigenvalue weighted by molar-refractivity contribution is 0.367. The molecule has 2 aromatic carbocycles. The number of rotatable bonds is 8. The van der Waals surface area contributed by atoms with E-state index in [1.807, 2.05) is 30.3 Å². The van der Waals surface area contributed by atoms with Gasteiger partial charge >= 0.3 is 0 Å². The molecule has 3 heteroatoms. The Kier molecular flexibility index (Phi) is 6.31. The molecule has 0 aromatic heterocycles. The van der Waals surface area contributed by atoms with Gasteiger partial charge in [-0.2, -0.15) is 5.26 Å². The second kappa shape index (κ2) is 8.78. The Hall–Kier alpha value is -2.31. The highest BCUT2D eigenvalue weighted by Gasteiger charge is 1.97. The zero-order valence-corrected chi connectivity index (χ0v) is 12.1. The Bertz CT molecular complexity index is 575. The van der Waals surface area contributed by atoms with E-state index in [2.05, 4.69) is 35.6 Å². The van der Waals surface area contributed by atoms with Gasteiger partial charge in [-0.3, -0.25) is 0 Å². The van der Waals surface area contributed by atoms with Crippen LogP contribution in [0.2, 0.25) is 0 Å². The first-order valence-corrected chi connectivity index (χ1v) is 7.22. The Morgan fingerprint density at radius 3 is 2.62 bits per heavy atom. The van der Waals surface area contributed by atoms with Gasteiger partial charge in [0.2, 0.25) is 0 Å². The molecule has 0 spiro atoms. The topological polar surface area (TPSA) is 45.0 Å². The molecule has 0 bridgehead atoms. The number of nitrogens with one attached hydrogen (secondary N) is 1. The molecule has 0 radical (unpaired) electrons. The minimum absolute atomic E-state index is 0.0912. The van der Waals surface area contributed by atoms with E-state index in [0.29, 0.717) is 0 Å². The normalized spacial score (nSPS) is 10.0. The van der Waals surface area contributed by atoms with E-state index < -0.39 is 0 Å². The third kappa shape index (κ3) is 5.68. The monoisotopic (exact) mass is 280 g/mol. The van der Waals surface area contributed by atoms with Crippen LogP contribution < -0.4 is 10.1 Å². The van der Waals surface area contributed by atoms with Gasteiger partial charge in [0.25, 0.3) is 0 Å². The van der Waals surface area contributed by atoms with Crippen molar-refractivity contribution in [2.75, 3.05) is 13.2 Å². The molecule has 3 nitrogen and oxygen atoms in total. The predicted octanol–water partition coefficient (Wildman–Crippen LogP) is 3.31. The van der Waals surface area contributed by atoms with Crippen molar-refractivity contribution < 1.29 is 4.74 Å². The molecule has 0 heterocycles. The van der Waals surface area contributed by atoms with Gasteiger partial charge < -0.3 is 10.1 Å². The lowest BCUT2D eigenvalue weighted by atomic mass is 10.1. The molecule has 0 amide bonds. The molecule has 21 heavy (non-hydrogen) atoms. The number of aryl methyl sites for hydroxylation is 1. The Balaban J connectivity index is 1.67. The summed E-state index contributed by atoms with van der Waals surface area (Å²) < 4.78 is 5.29. The summed E-state index contributed by atoms with van der Waals surface area (Å²) in [4.78, 5) is 0. The molecular weight excluding hydrogens is 260 g/mol. The maximum Gasteiger partial charge on any atom is 0.174 e. The summed E-state index contributed by atoms with van der Waals surface area (Å²) in [7, 11) is 0. The molecule has 0 unspecified atom stereocenters. The van der Waals surface area contributed by atoms with E-state index in [1.165, 1.54) is 11.1 Å². The summed E-state index contributed by atoms with van der Waals surface area (Å²) in [5.74, 6) is 0.750. The van der Waals surface area contributed by atoms with Crippen LogP contribution in [-0.2, 0) is 13.0 Å². The van der Waals surface area contributed by atoms with Crippen molar-refractivity contribution in [2.45, 2.75) is 19.4 Å². The molecule has 0 fully saturated rings. The quantitative estimate of drug-likeness (QED) is 0.754. The number of benzene rings is 2. The minimum Gasteiger partial charge on any atom is -0.479 e. The molecule has 0 saturated heterocycles. The highest BCUT2D eigenvalue weighted by Crippen LogP contribution is 2.13. The third-order valence-electron chi connectivity index (χ3n) is 3.19. The SMILES string of the molecule is N#CCOc1cccc(CNCCCc2ccccc2)c1. The van der Waals surface area contributed by atoms with Crippen LogP contribution in [0.15, 0.2) is 54.6 Å². The van der Waals surface area contributed by atoms with Gasteiger partial charge in [0.05, 0.1) is 0 Å². The predicted molar refractivity (Wildman–Crippen MR) is 84.0 cm³/mol. The van der Waals surface area contributed by atoms with E-state index in [4.69, 9.17) is 10.00 Å². The Morgan fingerprint density at radius 1 is 1.00 bits per heavy atom. The average Bonchev–Trinajstić information content (AvgIpc) is 2.54.